The van der Waals surface area contributed by atoms with E-state index in [-0.39, 0.29) is 0 Å². The Balaban J connectivity index is 1.80. The highest BCUT2D eigenvalue weighted by atomic mass is 16.3. The van der Waals surface area contributed by atoms with Gasteiger partial charge in [-0.25, -0.2) is 0 Å². The Kier molecular flexibility index (Phi) is 5.96. The molecule has 0 radical (unpaired) electrons. The third-order valence-corrected chi connectivity index (χ3v) is 4.37. The predicted molar refractivity (Wildman–Crippen MR) is 94.9 cm³/mol. The van der Waals surface area contributed by atoms with Gasteiger partial charge in [0.2, 0.25) is 0 Å². The van der Waals surface area contributed by atoms with E-state index >= 15 is 0 Å². The molecular formula is C20H29NO. The number of aliphatic imine (C=N–C) groups is 1. The van der Waals surface area contributed by atoms with Gasteiger partial charge in [-0.15, -0.1) is 0 Å². The molecule has 22 heavy (non-hydrogen) atoms. The predicted octanol–water partition coefficient (Wildman–Crippen LogP) is 5.37. The van der Waals surface area contributed by atoms with Crippen molar-refractivity contribution >= 4 is 11.9 Å². The van der Waals surface area contributed by atoms with Gasteiger partial charge in [-0.2, -0.15) is 0 Å². The summed E-state index contributed by atoms with van der Waals surface area (Å²) >= 11 is 0. The van der Waals surface area contributed by atoms with Crippen molar-refractivity contribution in [3.8, 4) is 0 Å². The van der Waals surface area contributed by atoms with Gasteiger partial charge in [0.25, 0.3) is 0 Å². The van der Waals surface area contributed by atoms with Crippen molar-refractivity contribution in [2.45, 2.75) is 64.9 Å². The Morgan fingerprint density at radius 2 is 2.09 bits per heavy atom. The maximum Gasteiger partial charge on any atom is 0.0654 e. The van der Waals surface area contributed by atoms with Gasteiger partial charge >= 0.3 is 0 Å². The fourth-order valence-corrected chi connectivity index (χ4v) is 2.91. The average molecular weight is 299 g/mol. The molecule has 1 aliphatic rings. The fourth-order valence-electron chi connectivity index (χ4n) is 2.91. The monoisotopic (exact) mass is 299 g/mol. The van der Waals surface area contributed by atoms with Crippen LogP contribution in [0.2, 0.25) is 0 Å². The van der Waals surface area contributed by atoms with E-state index in [9.17, 15) is 5.11 Å². The zero-order valence-electron chi connectivity index (χ0n) is 14.2. The van der Waals surface area contributed by atoms with Gasteiger partial charge in [0, 0.05) is 6.21 Å². The highest BCUT2D eigenvalue weighted by molar-refractivity contribution is 5.67. The number of aliphatic hydroxyl groups is 1. The van der Waals surface area contributed by atoms with Crippen molar-refractivity contribution in [2.24, 2.45) is 10.9 Å². The topological polar surface area (TPSA) is 32.6 Å². The zero-order valence-corrected chi connectivity index (χ0v) is 14.2. The van der Waals surface area contributed by atoms with Gasteiger partial charge in [0.15, 0.2) is 0 Å². The molecule has 1 atom stereocenters. The molecule has 0 aliphatic heterocycles. The fraction of sp³-hybridized carbons (Fsp3) is 0.550. The number of aryl methyl sites for hydroxylation is 1. The molecule has 2 rings (SSSR count). The molecule has 0 heterocycles. The first-order valence-electron chi connectivity index (χ1n) is 8.44. The number of nitrogens with zero attached hydrogens (tertiary/aromatic N) is 1. The minimum Gasteiger partial charge on any atom is -0.390 e. The summed E-state index contributed by atoms with van der Waals surface area (Å²) in [4.78, 5) is 4.66. The van der Waals surface area contributed by atoms with Crippen LogP contribution in [0.25, 0.3) is 0 Å². The standard InChI is InChI=1S/C20H29NO/c1-16-7-4-5-9-19(16)21-15-18-12-10-17(11-13-18)8-6-14-20(2,3)22/h4-5,7,9-10,15,18,22H,6,8,11-14H2,1-3H3. The number of hydrogen-bond acceptors (Lipinski definition) is 2. The van der Waals surface area contributed by atoms with Crippen LogP contribution in [0.3, 0.4) is 0 Å². The highest BCUT2D eigenvalue weighted by Crippen LogP contribution is 2.27. The summed E-state index contributed by atoms with van der Waals surface area (Å²) < 4.78 is 0. The maximum atomic E-state index is 9.75. The van der Waals surface area contributed by atoms with E-state index in [0.29, 0.717) is 5.92 Å². The molecule has 0 amide bonds. The molecule has 120 valence electrons. The molecular weight excluding hydrogens is 270 g/mol. The molecule has 2 heteroatoms. The second-order valence-corrected chi connectivity index (χ2v) is 7.13. The molecule has 0 spiro atoms. The summed E-state index contributed by atoms with van der Waals surface area (Å²) in [5, 5.41) is 9.75. The van der Waals surface area contributed by atoms with Crippen LogP contribution in [-0.2, 0) is 0 Å². The van der Waals surface area contributed by atoms with Gasteiger partial charge in [-0.05, 0) is 76.8 Å². The molecule has 1 aromatic carbocycles. The van der Waals surface area contributed by atoms with Gasteiger partial charge in [-0.1, -0.05) is 29.8 Å². The third kappa shape index (κ3) is 5.76. The molecule has 0 bridgehead atoms. The summed E-state index contributed by atoms with van der Waals surface area (Å²) in [6, 6.07) is 8.28. The van der Waals surface area contributed by atoms with Crippen molar-refractivity contribution in [3.05, 3.63) is 41.5 Å². The summed E-state index contributed by atoms with van der Waals surface area (Å²) in [5.41, 5.74) is 3.35. The normalized spacial score (nSPS) is 19.5. The van der Waals surface area contributed by atoms with Gasteiger partial charge in [0.1, 0.15) is 0 Å². The van der Waals surface area contributed by atoms with Crippen LogP contribution in [0.1, 0.15) is 57.9 Å². The first-order chi connectivity index (χ1) is 10.4. The molecule has 1 N–H and O–H groups in total. The van der Waals surface area contributed by atoms with Crippen molar-refractivity contribution in [3.63, 3.8) is 0 Å². The summed E-state index contributed by atoms with van der Waals surface area (Å²) in [7, 11) is 0. The minimum absolute atomic E-state index is 0.530. The first kappa shape index (κ1) is 17.0. The van der Waals surface area contributed by atoms with Crippen LogP contribution in [-0.4, -0.2) is 16.9 Å². The molecule has 2 nitrogen and oxygen atoms in total. The SMILES string of the molecule is Cc1ccccc1N=CC1CC=C(CCCC(C)(C)O)CC1. The summed E-state index contributed by atoms with van der Waals surface area (Å²) in [6.07, 6.45) is 11.1. The number of hydrogen-bond donors (Lipinski definition) is 1. The Hall–Kier alpha value is -1.41. The molecule has 1 unspecified atom stereocenters. The summed E-state index contributed by atoms with van der Waals surface area (Å²) in [6.45, 7) is 5.88. The van der Waals surface area contributed by atoms with E-state index in [1.807, 2.05) is 19.9 Å². The van der Waals surface area contributed by atoms with Crippen molar-refractivity contribution < 1.29 is 5.11 Å². The smallest absolute Gasteiger partial charge is 0.0654 e. The van der Waals surface area contributed by atoms with Gasteiger partial charge in [0.05, 0.1) is 11.3 Å². The number of rotatable bonds is 6. The van der Waals surface area contributed by atoms with E-state index in [1.165, 1.54) is 18.4 Å². The van der Waals surface area contributed by atoms with Crippen LogP contribution < -0.4 is 0 Å². The minimum atomic E-state index is -0.530. The maximum absolute atomic E-state index is 9.75. The largest absolute Gasteiger partial charge is 0.390 e. The van der Waals surface area contributed by atoms with Gasteiger partial charge < -0.3 is 5.11 Å². The molecule has 0 fully saturated rings. The van der Waals surface area contributed by atoms with Crippen molar-refractivity contribution in [2.75, 3.05) is 0 Å². The second kappa shape index (κ2) is 7.73. The van der Waals surface area contributed by atoms with E-state index < -0.39 is 5.60 Å². The Labute approximate surface area is 135 Å². The Bertz CT molecular complexity index is 537. The second-order valence-electron chi connectivity index (χ2n) is 7.13. The van der Waals surface area contributed by atoms with Crippen molar-refractivity contribution in [1.29, 1.82) is 0 Å². The Morgan fingerprint density at radius 3 is 2.73 bits per heavy atom. The summed E-state index contributed by atoms with van der Waals surface area (Å²) in [5.74, 6) is 0.567. The molecule has 0 saturated heterocycles. The highest BCUT2D eigenvalue weighted by Gasteiger charge is 2.15. The van der Waals surface area contributed by atoms with Crippen LogP contribution in [0.4, 0.5) is 5.69 Å². The van der Waals surface area contributed by atoms with Crippen LogP contribution in [0.15, 0.2) is 40.9 Å². The van der Waals surface area contributed by atoms with E-state index in [4.69, 9.17) is 0 Å². The lowest BCUT2D eigenvalue weighted by atomic mass is 9.87. The van der Waals surface area contributed by atoms with E-state index in [1.54, 1.807) is 5.57 Å². The molecule has 1 aliphatic carbocycles. The number of allylic oxidation sites excluding steroid dienone is 2. The van der Waals surface area contributed by atoms with Crippen molar-refractivity contribution in [1.82, 2.24) is 0 Å². The lowest BCUT2D eigenvalue weighted by molar-refractivity contribution is 0.0688. The van der Waals surface area contributed by atoms with Gasteiger partial charge in [-0.3, -0.25) is 4.99 Å². The molecule has 0 saturated carbocycles. The third-order valence-electron chi connectivity index (χ3n) is 4.37. The van der Waals surface area contributed by atoms with Crippen LogP contribution in [0, 0.1) is 12.8 Å². The zero-order chi connectivity index (χ0) is 16.0. The quantitative estimate of drug-likeness (QED) is 0.556. The van der Waals surface area contributed by atoms with Crippen LogP contribution >= 0.6 is 0 Å². The van der Waals surface area contributed by atoms with E-state index in [0.717, 1.165) is 31.4 Å². The Morgan fingerprint density at radius 1 is 1.32 bits per heavy atom. The lowest BCUT2D eigenvalue weighted by Gasteiger charge is -2.21. The molecule has 0 aromatic heterocycles. The van der Waals surface area contributed by atoms with E-state index in [2.05, 4.69) is 42.4 Å². The van der Waals surface area contributed by atoms with Crippen LogP contribution in [0.5, 0.6) is 0 Å². The lowest BCUT2D eigenvalue weighted by Crippen LogP contribution is -2.18. The number of benzene rings is 1. The average Bonchev–Trinajstić information content (AvgIpc) is 2.46. The number of para-hydroxylation sites is 1. The molecule has 1 aromatic rings. The first-order valence-corrected chi connectivity index (χ1v) is 8.44.